The van der Waals surface area contributed by atoms with E-state index in [0.29, 0.717) is 10.8 Å². The van der Waals surface area contributed by atoms with Crippen LogP contribution in [-0.2, 0) is 0 Å². The van der Waals surface area contributed by atoms with Gasteiger partial charge >= 0.3 is 6.03 Å². The summed E-state index contributed by atoms with van der Waals surface area (Å²) >= 11 is 1.37. The summed E-state index contributed by atoms with van der Waals surface area (Å²) < 4.78 is 0. The molecule has 64 valence electrons. The summed E-state index contributed by atoms with van der Waals surface area (Å²) in [5.41, 5.74) is 0.601. The van der Waals surface area contributed by atoms with Crippen molar-refractivity contribution in [2.75, 3.05) is 5.32 Å². The first-order valence-electron chi connectivity index (χ1n) is 3.31. The van der Waals surface area contributed by atoms with Crippen molar-refractivity contribution in [2.45, 2.75) is 6.92 Å². The maximum absolute atomic E-state index is 11.0. The van der Waals surface area contributed by atoms with Crippen molar-refractivity contribution in [3.63, 3.8) is 0 Å². The van der Waals surface area contributed by atoms with Crippen LogP contribution in [0.3, 0.4) is 0 Å². The van der Waals surface area contributed by atoms with E-state index in [0.717, 1.165) is 0 Å². The summed E-state index contributed by atoms with van der Waals surface area (Å²) in [6.45, 7) is 5.25. The number of aromatic nitrogens is 1. The standard InChI is InChI=1S/C7H9N3OS/c1-5(2)9-6(11)10-7-8-3-4-12-7/h3-4H,1H2,2H3,(H2,8,9,10,11). The lowest BCUT2D eigenvalue weighted by Crippen LogP contribution is -2.26. The number of anilines is 1. The minimum atomic E-state index is -0.308. The summed E-state index contributed by atoms with van der Waals surface area (Å²) in [6, 6.07) is -0.308. The summed E-state index contributed by atoms with van der Waals surface area (Å²) in [5, 5.41) is 7.42. The van der Waals surface area contributed by atoms with Crippen LogP contribution in [0.4, 0.5) is 9.93 Å². The third-order valence-electron chi connectivity index (χ3n) is 0.980. The first kappa shape index (κ1) is 8.73. The number of nitrogens with one attached hydrogen (secondary N) is 2. The van der Waals surface area contributed by atoms with Gasteiger partial charge in [0.15, 0.2) is 5.13 Å². The van der Waals surface area contributed by atoms with Gasteiger partial charge in [0.25, 0.3) is 0 Å². The van der Waals surface area contributed by atoms with Crippen LogP contribution in [0.2, 0.25) is 0 Å². The minimum absolute atomic E-state index is 0.308. The molecule has 0 radical (unpaired) electrons. The van der Waals surface area contributed by atoms with Gasteiger partial charge in [-0.1, -0.05) is 6.58 Å². The monoisotopic (exact) mass is 183 g/mol. The Hall–Kier alpha value is -1.36. The van der Waals surface area contributed by atoms with Crippen LogP contribution in [0.15, 0.2) is 23.9 Å². The first-order chi connectivity index (χ1) is 5.68. The van der Waals surface area contributed by atoms with E-state index >= 15 is 0 Å². The van der Waals surface area contributed by atoms with E-state index in [9.17, 15) is 4.79 Å². The van der Waals surface area contributed by atoms with Crippen LogP contribution in [0.25, 0.3) is 0 Å². The Bertz CT molecular complexity index is 281. The molecule has 0 unspecified atom stereocenters. The topological polar surface area (TPSA) is 54.0 Å². The highest BCUT2D eigenvalue weighted by Gasteiger charge is 2.01. The van der Waals surface area contributed by atoms with Gasteiger partial charge in [0.05, 0.1) is 0 Å². The van der Waals surface area contributed by atoms with E-state index < -0.39 is 0 Å². The number of carbonyl (C=O) groups excluding carboxylic acids is 1. The van der Waals surface area contributed by atoms with Gasteiger partial charge in [0.1, 0.15) is 0 Å². The third kappa shape index (κ3) is 2.71. The van der Waals surface area contributed by atoms with Gasteiger partial charge in [0.2, 0.25) is 0 Å². The van der Waals surface area contributed by atoms with Crippen molar-refractivity contribution < 1.29 is 4.79 Å². The molecular weight excluding hydrogens is 174 g/mol. The van der Waals surface area contributed by atoms with E-state index in [1.165, 1.54) is 11.3 Å². The molecule has 1 aromatic heterocycles. The number of rotatable bonds is 2. The molecule has 0 atom stereocenters. The summed E-state index contributed by atoms with van der Waals surface area (Å²) in [4.78, 5) is 14.9. The Morgan fingerprint density at radius 1 is 1.75 bits per heavy atom. The zero-order chi connectivity index (χ0) is 8.97. The van der Waals surface area contributed by atoms with Gasteiger partial charge in [-0.3, -0.25) is 5.32 Å². The fraction of sp³-hybridized carbons (Fsp3) is 0.143. The normalized spacial score (nSPS) is 9.08. The van der Waals surface area contributed by atoms with Crippen LogP contribution < -0.4 is 10.6 Å². The van der Waals surface area contributed by atoms with Crippen LogP contribution in [-0.4, -0.2) is 11.0 Å². The summed E-state index contributed by atoms with van der Waals surface area (Å²) in [5.74, 6) is 0. The Balaban J connectivity index is 2.42. The molecule has 2 N–H and O–H groups in total. The lowest BCUT2D eigenvalue weighted by atomic mass is 10.6. The van der Waals surface area contributed by atoms with E-state index in [1.807, 2.05) is 0 Å². The first-order valence-corrected chi connectivity index (χ1v) is 4.19. The predicted octanol–water partition coefficient (Wildman–Crippen LogP) is 1.80. The van der Waals surface area contributed by atoms with Gasteiger partial charge in [-0.25, -0.2) is 9.78 Å². The number of amides is 2. The van der Waals surface area contributed by atoms with Crippen molar-refractivity contribution in [3.05, 3.63) is 23.9 Å². The lowest BCUT2D eigenvalue weighted by Gasteiger charge is -2.02. The number of allylic oxidation sites excluding steroid dienone is 1. The molecule has 0 bridgehead atoms. The van der Waals surface area contributed by atoms with Gasteiger partial charge in [-0.05, 0) is 6.92 Å². The molecule has 0 fully saturated rings. The fourth-order valence-electron chi connectivity index (χ4n) is 0.607. The highest BCUT2D eigenvalue weighted by Crippen LogP contribution is 2.09. The lowest BCUT2D eigenvalue weighted by molar-refractivity contribution is 0.254. The highest BCUT2D eigenvalue weighted by atomic mass is 32.1. The van der Waals surface area contributed by atoms with Gasteiger partial charge in [-0.15, -0.1) is 11.3 Å². The summed E-state index contributed by atoms with van der Waals surface area (Å²) in [6.07, 6.45) is 1.63. The maximum Gasteiger partial charge on any atom is 0.325 e. The second kappa shape index (κ2) is 3.87. The molecule has 12 heavy (non-hydrogen) atoms. The molecule has 0 spiro atoms. The average molecular weight is 183 g/mol. The minimum Gasteiger partial charge on any atom is -0.312 e. The highest BCUT2D eigenvalue weighted by molar-refractivity contribution is 7.13. The van der Waals surface area contributed by atoms with Crippen LogP contribution in [0.5, 0.6) is 0 Å². The third-order valence-corrected chi connectivity index (χ3v) is 1.67. The molecule has 0 aliphatic carbocycles. The molecule has 0 aliphatic heterocycles. The van der Waals surface area contributed by atoms with Crippen LogP contribution in [0.1, 0.15) is 6.92 Å². The molecule has 0 aromatic carbocycles. The van der Waals surface area contributed by atoms with Gasteiger partial charge in [0, 0.05) is 17.3 Å². The fourth-order valence-corrected chi connectivity index (χ4v) is 1.13. The molecule has 1 heterocycles. The maximum atomic E-state index is 11.0. The molecule has 0 saturated carbocycles. The average Bonchev–Trinajstić information content (AvgIpc) is 2.37. The molecule has 5 heteroatoms. The van der Waals surface area contributed by atoms with E-state index in [-0.39, 0.29) is 6.03 Å². The van der Waals surface area contributed by atoms with Crippen molar-refractivity contribution >= 4 is 22.5 Å². The Morgan fingerprint density at radius 3 is 3.00 bits per heavy atom. The van der Waals surface area contributed by atoms with Crippen molar-refractivity contribution in [3.8, 4) is 0 Å². The van der Waals surface area contributed by atoms with Gasteiger partial charge < -0.3 is 5.32 Å². The Kier molecular flexibility index (Phi) is 2.82. The zero-order valence-electron chi connectivity index (χ0n) is 6.63. The number of hydrogen-bond acceptors (Lipinski definition) is 3. The smallest absolute Gasteiger partial charge is 0.312 e. The zero-order valence-corrected chi connectivity index (χ0v) is 7.44. The largest absolute Gasteiger partial charge is 0.325 e. The molecule has 4 nitrogen and oxygen atoms in total. The number of urea groups is 1. The SMILES string of the molecule is C=C(C)NC(=O)Nc1nccs1. The number of thiazole rings is 1. The molecular formula is C7H9N3OS. The Morgan fingerprint density at radius 2 is 2.50 bits per heavy atom. The number of nitrogens with zero attached hydrogens (tertiary/aromatic N) is 1. The molecule has 1 aromatic rings. The summed E-state index contributed by atoms with van der Waals surface area (Å²) in [7, 11) is 0. The van der Waals surface area contributed by atoms with E-state index in [1.54, 1.807) is 18.5 Å². The molecule has 0 aliphatic rings. The van der Waals surface area contributed by atoms with E-state index in [4.69, 9.17) is 0 Å². The van der Waals surface area contributed by atoms with Gasteiger partial charge in [-0.2, -0.15) is 0 Å². The molecule has 1 rings (SSSR count). The molecule has 0 saturated heterocycles. The van der Waals surface area contributed by atoms with Crippen molar-refractivity contribution in [2.24, 2.45) is 0 Å². The predicted molar refractivity (Wildman–Crippen MR) is 49.1 cm³/mol. The van der Waals surface area contributed by atoms with Crippen molar-refractivity contribution in [1.29, 1.82) is 0 Å². The second-order valence-electron chi connectivity index (χ2n) is 2.20. The number of carbonyl (C=O) groups is 1. The molecule has 2 amide bonds. The number of hydrogen-bond donors (Lipinski definition) is 2. The van der Waals surface area contributed by atoms with E-state index in [2.05, 4.69) is 22.2 Å². The van der Waals surface area contributed by atoms with Crippen LogP contribution >= 0.6 is 11.3 Å². The van der Waals surface area contributed by atoms with Crippen molar-refractivity contribution in [1.82, 2.24) is 10.3 Å². The quantitative estimate of drug-likeness (QED) is 0.734. The second-order valence-corrected chi connectivity index (χ2v) is 3.09. The Labute approximate surface area is 74.3 Å². The van der Waals surface area contributed by atoms with Crippen LogP contribution in [0, 0.1) is 0 Å².